The molecule has 15 heavy (non-hydrogen) atoms. The van der Waals surface area contributed by atoms with E-state index >= 15 is 0 Å². The highest BCUT2D eigenvalue weighted by Gasteiger charge is 2.41. The maximum absolute atomic E-state index is 10.4. The monoisotopic (exact) mass is 209 g/mol. The van der Waals surface area contributed by atoms with Crippen LogP contribution < -0.4 is 5.32 Å². The molecule has 0 radical (unpaired) electrons. The van der Waals surface area contributed by atoms with E-state index in [1.54, 1.807) is 0 Å². The third-order valence-electron chi connectivity index (χ3n) is 3.69. The van der Waals surface area contributed by atoms with Gasteiger partial charge in [-0.25, -0.2) is 0 Å². The molecule has 84 valence electrons. The molecule has 0 aromatic heterocycles. The van der Waals surface area contributed by atoms with Gasteiger partial charge in [-0.3, -0.25) is 4.79 Å². The summed E-state index contributed by atoms with van der Waals surface area (Å²) in [4.78, 5) is 10.4. The van der Waals surface area contributed by atoms with Crippen molar-refractivity contribution in [3.05, 3.63) is 11.6 Å². The molecule has 0 bridgehead atoms. The van der Waals surface area contributed by atoms with Gasteiger partial charge < -0.3 is 10.4 Å². The summed E-state index contributed by atoms with van der Waals surface area (Å²) in [5.74, 6) is -0.697. The molecule has 0 unspecified atom stereocenters. The molecule has 0 aromatic rings. The predicted octanol–water partition coefficient (Wildman–Crippen LogP) is 2.08. The molecule has 1 saturated heterocycles. The molecule has 0 aromatic carbocycles. The van der Waals surface area contributed by atoms with Crippen LogP contribution in [0.2, 0.25) is 0 Å². The van der Waals surface area contributed by atoms with Gasteiger partial charge in [0.05, 0.1) is 0 Å². The molecule has 1 aliphatic heterocycles. The zero-order valence-electron chi connectivity index (χ0n) is 9.09. The minimum Gasteiger partial charge on any atom is -0.481 e. The number of aliphatic carboxylic acids is 1. The number of hydrogen-bond donors (Lipinski definition) is 2. The highest BCUT2D eigenvalue weighted by atomic mass is 16.4. The van der Waals surface area contributed by atoms with Crippen molar-refractivity contribution in [2.24, 2.45) is 0 Å². The van der Waals surface area contributed by atoms with Crippen LogP contribution in [0, 0.1) is 0 Å². The lowest BCUT2D eigenvalue weighted by molar-refractivity contribution is -0.136. The van der Waals surface area contributed by atoms with Gasteiger partial charge in [0.25, 0.3) is 0 Å². The second-order valence-corrected chi connectivity index (χ2v) is 4.66. The van der Waals surface area contributed by atoms with Crippen molar-refractivity contribution in [1.29, 1.82) is 0 Å². The zero-order valence-corrected chi connectivity index (χ0v) is 9.09. The van der Waals surface area contributed by atoms with Gasteiger partial charge in [0.15, 0.2) is 0 Å². The Balaban J connectivity index is 1.89. The minimum atomic E-state index is -0.697. The number of hydrogen-bond acceptors (Lipinski definition) is 2. The van der Waals surface area contributed by atoms with E-state index in [-0.39, 0.29) is 12.0 Å². The lowest BCUT2D eigenvalue weighted by Gasteiger charge is -2.49. The molecular weight excluding hydrogens is 190 g/mol. The molecule has 0 amide bonds. The molecule has 2 rings (SSSR count). The van der Waals surface area contributed by atoms with E-state index in [9.17, 15) is 4.79 Å². The van der Waals surface area contributed by atoms with E-state index in [1.807, 2.05) is 0 Å². The second-order valence-electron chi connectivity index (χ2n) is 4.66. The van der Waals surface area contributed by atoms with Crippen LogP contribution in [-0.4, -0.2) is 23.2 Å². The summed E-state index contributed by atoms with van der Waals surface area (Å²) >= 11 is 0. The van der Waals surface area contributed by atoms with Gasteiger partial charge in [0.2, 0.25) is 0 Å². The molecule has 1 heterocycles. The fourth-order valence-corrected chi connectivity index (χ4v) is 2.73. The van der Waals surface area contributed by atoms with Gasteiger partial charge in [0, 0.05) is 18.5 Å². The molecule has 1 spiro atoms. The molecule has 3 nitrogen and oxygen atoms in total. The van der Waals surface area contributed by atoms with Crippen molar-refractivity contribution < 1.29 is 9.90 Å². The Kier molecular flexibility index (Phi) is 3.10. The first kappa shape index (κ1) is 10.7. The first-order valence-electron chi connectivity index (χ1n) is 5.89. The van der Waals surface area contributed by atoms with Crippen LogP contribution in [0.25, 0.3) is 0 Å². The van der Waals surface area contributed by atoms with Crippen LogP contribution in [-0.2, 0) is 4.79 Å². The first-order chi connectivity index (χ1) is 7.23. The Morgan fingerprint density at radius 1 is 1.40 bits per heavy atom. The number of nitrogens with one attached hydrogen (secondary N) is 1. The fraction of sp³-hybridized carbons (Fsp3) is 0.750. The molecule has 2 fully saturated rings. The Bertz CT molecular complexity index is 277. The Hall–Kier alpha value is -0.830. The van der Waals surface area contributed by atoms with Crippen molar-refractivity contribution in [2.75, 3.05) is 6.54 Å². The third kappa shape index (κ3) is 2.23. The number of allylic oxidation sites excluding steroid dienone is 1. The summed E-state index contributed by atoms with van der Waals surface area (Å²) in [7, 11) is 0. The number of carboxylic acid groups (broad SMARTS) is 1. The van der Waals surface area contributed by atoms with Crippen LogP contribution in [0.4, 0.5) is 0 Å². The van der Waals surface area contributed by atoms with E-state index in [4.69, 9.17) is 5.11 Å². The number of carboxylic acids is 1. The maximum Gasteiger partial charge on any atom is 0.303 e. The Morgan fingerprint density at radius 3 is 2.67 bits per heavy atom. The van der Waals surface area contributed by atoms with Gasteiger partial charge >= 0.3 is 5.97 Å². The molecule has 1 saturated carbocycles. The predicted molar refractivity (Wildman–Crippen MR) is 58.8 cm³/mol. The van der Waals surface area contributed by atoms with Gasteiger partial charge in [-0.1, -0.05) is 25.3 Å². The topological polar surface area (TPSA) is 49.3 Å². The van der Waals surface area contributed by atoms with E-state index < -0.39 is 5.97 Å². The van der Waals surface area contributed by atoms with E-state index in [0.717, 1.165) is 6.54 Å². The minimum absolute atomic E-state index is 0.263. The van der Waals surface area contributed by atoms with Crippen molar-refractivity contribution in [1.82, 2.24) is 5.32 Å². The standard InChI is InChI=1S/C12H19NO2/c14-11(15)6-4-5-10-9-13-12(10)7-2-1-3-8-12/h5,13H,1-4,6-9H2,(H,14,15)/b10-5+. The van der Waals surface area contributed by atoms with Crippen LogP contribution >= 0.6 is 0 Å². The molecule has 2 N–H and O–H groups in total. The molecular formula is C12H19NO2. The number of carbonyl (C=O) groups is 1. The van der Waals surface area contributed by atoms with Gasteiger partial charge in [-0.2, -0.15) is 0 Å². The summed E-state index contributed by atoms with van der Waals surface area (Å²) in [6.45, 7) is 0.972. The smallest absolute Gasteiger partial charge is 0.303 e. The van der Waals surface area contributed by atoms with Crippen LogP contribution in [0.1, 0.15) is 44.9 Å². The van der Waals surface area contributed by atoms with Crippen LogP contribution in [0.15, 0.2) is 11.6 Å². The number of rotatable bonds is 3. The SMILES string of the molecule is O=C(O)CC/C=C1\CNC12CCCCC2. The zero-order chi connectivity index (χ0) is 10.7. The average molecular weight is 209 g/mol. The summed E-state index contributed by atoms with van der Waals surface area (Å²) in [5, 5.41) is 12.1. The maximum atomic E-state index is 10.4. The summed E-state index contributed by atoms with van der Waals surface area (Å²) in [6.07, 6.45) is 9.56. The van der Waals surface area contributed by atoms with E-state index in [2.05, 4.69) is 11.4 Å². The van der Waals surface area contributed by atoms with E-state index in [1.165, 1.54) is 37.7 Å². The van der Waals surface area contributed by atoms with E-state index in [0.29, 0.717) is 6.42 Å². The quantitative estimate of drug-likeness (QED) is 0.700. The van der Waals surface area contributed by atoms with Gasteiger partial charge in [-0.05, 0) is 24.8 Å². The lowest BCUT2D eigenvalue weighted by atomic mass is 9.71. The average Bonchev–Trinajstić information content (AvgIpc) is 2.24. The summed E-state index contributed by atoms with van der Waals surface area (Å²) < 4.78 is 0. The highest BCUT2D eigenvalue weighted by molar-refractivity contribution is 5.66. The molecule has 1 aliphatic carbocycles. The molecule has 3 heteroatoms. The van der Waals surface area contributed by atoms with Crippen molar-refractivity contribution in [3.8, 4) is 0 Å². The van der Waals surface area contributed by atoms with Crippen LogP contribution in [0.3, 0.4) is 0 Å². The van der Waals surface area contributed by atoms with Gasteiger partial charge in [0.1, 0.15) is 0 Å². The summed E-state index contributed by atoms with van der Waals surface area (Å²) in [6, 6.07) is 0. The Morgan fingerprint density at radius 2 is 2.13 bits per heavy atom. The first-order valence-corrected chi connectivity index (χ1v) is 5.89. The van der Waals surface area contributed by atoms with Crippen molar-refractivity contribution in [3.63, 3.8) is 0 Å². The Labute approximate surface area is 90.6 Å². The largest absolute Gasteiger partial charge is 0.481 e. The lowest BCUT2D eigenvalue weighted by Crippen LogP contribution is -2.60. The third-order valence-corrected chi connectivity index (χ3v) is 3.69. The summed E-state index contributed by atoms with van der Waals surface area (Å²) in [5.41, 5.74) is 1.74. The second kappa shape index (κ2) is 4.35. The van der Waals surface area contributed by atoms with Crippen molar-refractivity contribution in [2.45, 2.75) is 50.5 Å². The van der Waals surface area contributed by atoms with Crippen molar-refractivity contribution >= 4 is 5.97 Å². The molecule has 2 aliphatic rings. The molecule has 0 atom stereocenters. The normalized spacial score (nSPS) is 26.5. The highest BCUT2D eigenvalue weighted by Crippen LogP contribution is 2.39. The van der Waals surface area contributed by atoms with Crippen LogP contribution in [0.5, 0.6) is 0 Å². The fourth-order valence-electron chi connectivity index (χ4n) is 2.73. The van der Waals surface area contributed by atoms with Gasteiger partial charge in [-0.15, -0.1) is 0 Å².